The number of likely N-dealkylation sites (tertiary alicyclic amines) is 1. The van der Waals surface area contributed by atoms with Crippen molar-refractivity contribution in [3.05, 3.63) is 29.6 Å². The van der Waals surface area contributed by atoms with Crippen LogP contribution in [0.3, 0.4) is 0 Å². The molecule has 3 rings (SSSR count). The molecule has 23 heavy (non-hydrogen) atoms. The van der Waals surface area contributed by atoms with Crippen LogP contribution in [0.4, 0.5) is 4.79 Å². The molecule has 3 heterocycles. The van der Waals surface area contributed by atoms with Gasteiger partial charge >= 0.3 is 6.03 Å². The Bertz CT molecular complexity index is 585. The Morgan fingerprint density at radius 3 is 2.78 bits per heavy atom. The number of pyridine rings is 1. The lowest BCUT2D eigenvalue weighted by atomic mass is 10.0. The van der Waals surface area contributed by atoms with Crippen LogP contribution < -0.4 is 5.32 Å². The Morgan fingerprint density at radius 1 is 1.35 bits per heavy atom. The Balaban J connectivity index is 1.68. The van der Waals surface area contributed by atoms with Crippen LogP contribution in [0.25, 0.3) is 0 Å². The molecular formula is C17H24N4O2. The molecule has 1 N–H and O–H groups in total. The topological polar surface area (TPSA) is 65.5 Å². The molecule has 2 aliphatic heterocycles. The molecule has 6 heteroatoms. The number of rotatable bonds is 3. The van der Waals surface area contributed by atoms with E-state index in [4.69, 9.17) is 0 Å². The van der Waals surface area contributed by atoms with Crippen molar-refractivity contribution in [1.82, 2.24) is 20.1 Å². The predicted molar refractivity (Wildman–Crippen MR) is 87.4 cm³/mol. The summed E-state index contributed by atoms with van der Waals surface area (Å²) in [5, 5.41) is 2.83. The van der Waals surface area contributed by atoms with E-state index in [1.54, 1.807) is 6.20 Å². The number of nitrogens with one attached hydrogen (secondary N) is 1. The number of nitrogens with zero attached hydrogens (tertiary/aromatic N) is 3. The molecule has 1 unspecified atom stereocenters. The summed E-state index contributed by atoms with van der Waals surface area (Å²) < 4.78 is 0. The van der Waals surface area contributed by atoms with Gasteiger partial charge < -0.3 is 15.1 Å². The van der Waals surface area contributed by atoms with Gasteiger partial charge in [-0.05, 0) is 30.4 Å². The number of urea groups is 1. The van der Waals surface area contributed by atoms with Crippen molar-refractivity contribution in [2.75, 3.05) is 26.2 Å². The van der Waals surface area contributed by atoms with Crippen LogP contribution in [0, 0.1) is 0 Å². The number of hydrogen-bond acceptors (Lipinski definition) is 3. The van der Waals surface area contributed by atoms with Crippen LogP contribution in [0.1, 0.15) is 48.7 Å². The Kier molecular flexibility index (Phi) is 4.50. The first-order valence-electron chi connectivity index (χ1n) is 8.36. The summed E-state index contributed by atoms with van der Waals surface area (Å²) in [6, 6.07) is 3.89. The maximum Gasteiger partial charge on any atom is 0.317 e. The largest absolute Gasteiger partial charge is 0.336 e. The molecular weight excluding hydrogens is 292 g/mol. The molecule has 0 radical (unpaired) electrons. The maximum atomic E-state index is 12.7. The molecule has 2 fully saturated rings. The van der Waals surface area contributed by atoms with Crippen LogP contribution in [0.5, 0.6) is 0 Å². The third-order valence-electron chi connectivity index (χ3n) is 4.69. The number of carbonyl (C=O) groups excluding carboxylic acids is 2. The van der Waals surface area contributed by atoms with E-state index in [1.165, 1.54) is 0 Å². The second-order valence-electron chi connectivity index (χ2n) is 6.60. The highest BCUT2D eigenvalue weighted by molar-refractivity contribution is 5.92. The van der Waals surface area contributed by atoms with Crippen LogP contribution in [-0.4, -0.2) is 58.9 Å². The lowest BCUT2D eigenvalue weighted by Crippen LogP contribution is -2.50. The molecule has 0 aromatic carbocycles. The third-order valence-corrected chi connectivity index (χ3v) is 4.69. The molecule has 6 nitrogen and oxygen atoms in total. The van der Waals surface area contributed by atoms with Crippen molar-refractivity contribution >= 4 is 11.9 Å². The van der Waals surface area contributed by atoms with Crippen molar-refractivity contribution in [3.8, 4) is 0 Å². The van der Waals surface area contributed by atoms with Gasteiger partial charge in [-0.1, -0.05) is 19.9 Å². The van der Waals surface area contributed by atoms with E-state index in [0.717, 1.165) is 31.5 Å². The fraction of sp³-hybridized carbons (Fsp3) is 0.588. The predicted octanol–water partition coefficient (Wildman–Crippen LogP) is 1.83. The van der Waals surface area contributed by atoms with Gasteiger partial charge in [0.05, 0.1) is 6.04 Å². The number of carbonyl (C=O) groups is 2. The van der Waals surface area contributed by atoms with E-state index < -0.39 is 0 Å². The average Bonchev–Trinajstić information content (AvgIpc) is 3.00. The minimum Gasteiger partial charge on any atom is -0.336 e. The molecule has 1 atom stereocenters. The molecule has 0 aliphatic carbocycles. The second kappa shape index (κ2) is 6.56. The summed E-state index contributed by atoms with van der Waals surface area (Å²) in [6.07, 6.45) is 3.66. The van der Waals surface area contributed by atoms with Crippen LogP contribution >= 0.6 is 0 Å². The molecule has 2 aliphatic rings. The summed E-state index contributed by atoms with van der Waals surface area (Å²) in [5.74, 6) is 0.365. The maximum absolute atomic E-state index is 12.7. The molecule has 1 aromatic rings. The van der Waals surface area contributed by atoms with E-state index >= 15 is 0 Å². The smallest absolute Gasteiger partial charge is 0.317 e. The third kappa shape index (κ3) is 3.30. The average molecular weight is 316 g/mol. The van der Waals surface area contributed by atoms with Gasteiger partial charge in [-0.3, -0.25) is 9.78 Å². The van der Waals surface area contributed by atoms with E-state index in [9.17, 15) is 9.59 Å². The van der Waals surface area contributed by atoms with Crippen LogP contribution in [-0.2, 0) is 0 Å². The molecule has 0 bridgehead atoms. The minimum absolute atomic E-state index is 0.0105. The number of hydrogen-bond donors (Lipinski definition) is 1. The van der Waals surface area contributed by atoms with Crippen LogP contribution in [0.2, 0.25) is 0 Å². The lowest BCUT2D eigenvalue weighted by molar-refractivity contribution is 0.0628. The Morgan fingerprint density at radius 2 is 2.17 bits per heavy atom. The van der Waals surface area contributed by atoms with E-state index in [2.05, 4.69) is 24.1 Å². The first-order chi connectivity index (χ1) is 11.1. The van der Waals surface area contributed by atoms with Crippen molar-refractivity contribution in [1.29, 1.82) is 0 Å². The summed E-state index contributed by atoms with van der Waals surface area (Å²) in [7, 11) is 0. The van der Waals surface area contributed by atoms with E-state index in [1.807, 2.05) is 21.9 Å². The highest BCUT2D eigenvalue weighted by Gasteiger charge is 2.33. The summed E-state index contributed by atoms with van der Waals surface area (Å²) in [4.78, 5) is 32.5. The van der Waals surface area contributed by atoms with Gasteiger partial charge in [-0.25, -0.2) is 4.79 Å². The molecule has 1 aromatic heterocycles. The van der Waals surface area contributed by atoms with Gasteiger partial charge in [0, 0.05) is 32.4 Å². The van der Waals surface area contributed by atoms with Crippen molar-refractivity contribution in [2.45, 2.75) is 38.6 Å². The van der Waals surface area contributed by atoms with Crippen LogP contribution in [0.15, 0.2) is 18.3 Å². The molecule has 0 spiro atoms. The molecule has 2 saturated heterocycles. The number of piperidine rings is 1. The molecule has 124 valence electrons. The van der Waals surface area contributed by atoms with Crippen molar-refractivity contribution in [2.24, 2.45) is 0 Å². The fourth-order valence-corrected chi connectivity index (χ4v) is 3.26. The second-order valence-corrected chi connectivity index (χ2v) is 6.60. The van der Waals surface area contributed by atoms with Gasteiger partial charge in [-0.2, -0.15) is 0 Å². The quantitative estimate of drug-likeness (QED) is 0.925. The Labute approximate surface area is 136 Å². The zero-order chi connectivity index (χ0) is 16.4. The van der Waals surface area contributed by atoms with Gasteiger partial charge in [0.15, 0.2) is 0 Å². The van der Waals surface area contributed by atoms with Crippen molar-refractivity contribution < 1.29 is 9.59 Å². The summed E-state index contributed by atoms with van der Waals surface area (Å²) in [5.41, 5.74) is 1.62. The zero-order valence-electron chi connectivity index (χ0n) is 13.8. The van der Waals surface area contributed by atoms with E-state index in [-0.39, 0.29) is 18.0 Å². The van der Waals surface area contributed by atoms with Gasteiger partial charge in [-0.15, -0.1) is 0 Å². The van der Waals surface area contributed by atoms with Crippen molar-refractivity contribution in [3.63, 3.8) is 0 Å². The van der Waals surface area contributed by atoms with E-state index in [0.29, 0.717) is 24.7 Å². The Hall–Kier alpha value is -2.11. The first kappa shape index (κ1) is 15.8. The van der Waals surface area contributed by atoms with Gasteiger partial charge in [0.2, 0.25) is 0 Å². The fourth-order valence-electron chi connectivity index (χ4n) is 3.26. The lowest BCUT2D eigenvalue weighted by Gasteiger charge is -2.36. The first-order valence-corrected chi connectivity index (χ1v) is 8.36. The highest BCUT2D eigenvalue weighted by atomic mass is 16.2. The minimum atomic E-state index is -0.0374. The SMILES string of the molecule is CC(C)c1ccc(C(=O)N2CCCC(N3CCNC3=O)C2)nc1. The summed E-state index contributed by atoms with van der Waals surface area (Å²) >= 11 is 0. The normalized spacial score (nSPS) is 21.7. The van der Waals surface area contributed by atoms with Gasteiger partial charge in [0.25, 0.3) is 5.91 Å². The number of amides is 3. The molecule has 0 saturated carbocycles. The highest BCUT2D eigenvalue weighted by Crippen LogP contribution is 2.20. The number of aromatic nitrogens is 1. The monoisotopic (exact) mass is 316 g/mol. The van der Waals surface area contributed by atoms with Gasteiger partial charge in [0.1, 0.15) is 5.69 Å². The summed E-state index contributed by atoms with van der Waals surface area (Å²) in [6.45, 7) is 6.97. The standard InChI is InChI=1S/C17H24N4O2/c1-12(2)13-5-6-15(19-10-13)16(22)20-8-3-4-14(11-20)21-9-7-18-17(21)23/h5-6,10,12,14H,3-4,7-9,11H2,1-2H3,(H,18,23). The molecule has 3 amide bonds. The zero-order valence-corrected chi connectivity index (χ0v) is 13.8.